The highest BCUT2D eigenvalue weighted by Crippen LogP contribution is 2.28. The van der Waals surface area contributed by atoms with Gasteiger partial charge in [0.05, 0.1) is 11.4 Å². The van der Waals surface area contributed by atoms with Crippen LogP contribution in [0.1, 0.15) is 30.1 Å². The maximum absolute atomic E-state index is 12.9. The molecule has 8 heteroatoms. The monoisotopic (exact) mass is 337 g/mol. The van der Waals surface area contributed by atoms with E-state index in [0.29, 0.717) is 35.3 Å². The van der Waals surface area contributed by atoms with Gasteiger partial charge in [-0.05, 0) is 32.6 Å². The molecule has 23 heavy (non-hydrogen) atoms. The number of aromatic amines is 1. The average Bonchev–Trinajstić information content (AvgIpc) is 3.08. The van der Waals surface area contributed by atoms with Crippen LogP contribution in [0.3, 0.4) is 0 Å². The highest BCUT2D eigenvalue weighted by Gasteiger charge is 2.33. The number of sulfonamides is 1. The Labute approximate surface area is 136 Å². The van der Waals surface area contributed by atoms with Gasteiger partial charge in [-0.1, -0.05) is 0 Å². The first-order valence-corrected chi connectivity index (χ1v) is 9.32. The Bertz CT molecular complexity index is 771. The van der Waals surface area contributed by atoms with Gasteiger partial charge in [0.25, 0.3) is 0 Å². The molecule has 2 aromatic rings. The third-order valence-corrected chi connectivity index (χ3v) is 6.80. The predicted molar refractivity (Wildman–Crippen MR) is 86.5 cm³/mol. The lowest BCUT2D eigenvalue weighted by Crippen LogP contribution is -2.39. The normalized spacial score (nSPS) is 17.7. The highest BCUT2D eigenvalue weighted by molar-refractivity contribution is 7.89. The van der Waals surface area contributed by atoms with Crippen molar-refractivity contribution in [1.82, 2.24) is 24.1 Å². The Morgan fingerprint density at radius 3 is 2.52 bits per heavy atom. The number of hydrogen-bond acceptors (Lipinski definition) is 4. The van der Waals surface area contributed by atoms with Crippen LogP contribution >= 0.6 is 0 Å². The first-order valence-electron chi connectivity index (χ1n) is 7.88. The van der Waals surface area contributed by atoms with Gasteiger partial charge in [0.15, 0.2) is 0 Å². The molecule has 0 spiro atoms. The lowest BCUT2D eigenvalue weighted by Gasteiger charge is -2.31. The van der Waals surface area contributed by atoms with Gasteiger partial charge in [-0.3, -0.25) is 4.68 Å². The van der Waals surface area contributed by atoms with Crippen molar-refractivity contribution in [2.75, 3.05) is 13.1 Å². The smallest absolute Gasteiger partial charge is 0.246 e. The molecule has 126 valence electrons. The fraction of sp³-hybridized carbons (Fsp3) is 0.600. The SMILES string of the molecule is Cc1nn(C)c(C)c1S(=O)(=O)N1CCC(Cc2ncc[nH]2)CC1. The van der Waals surface area contributed by atoms with Crippen LogP contribution in [-0.4, -0.2) is 45.6 Å². The number of nitrogens with one attached hydrogen (secondary N) is 1. The molecule has 7 nitrogen and oxygen atoms in total. The van der Waals surface area contributed by atoms with E-state index in [-0.39, 0.29) is 0 Å². The van der Waals surface area contributed by atoms with Gasteiger partial charge in [0.2, 0.25) is 10.0 Å². The van der Waals surface area contributed by atoms with E-state index in [0.717, 1.165) is 25.1 Å². The summed E-state index contributed by atoms with van der Waals surface area (Å²) in [6, 6.07) is 0. The van der Waals surface area contributed by atoms with E-state index >= 15 is 0 Å². The lowest BCUT2D eigenvalue weighted by molar-refractivity contribution is 0.270. The summed E-state index contributed by atoms with van der Waals surface area (Å²) in [7, 11) is -1.69. The topological polar surface area (TPSA) is 83.9 Å². The van der Waals surface area contributed by atoms with Crippen molar-refractivity contribution in [3.8, 4) is 0 Å². The zero-order valence-corrected chi connectivity index (χ0v) is 14.6. The Kier molecular flexibility index (Phi) is 4.29. The molecule has 0 aromatic carbocycles. The highest BCUT2D eigenvalue weighted by atomic mass is 32.2. The Morgan fingerprint density at radius 1 is 1.30 bits per heavy atom. The van der Waals surface area contributed by atoms with Crippen LogP contribution in [-0.2, 0) is 23.5 Å². The summed E-state index contributed by atoms with van der Waals surface area (Å²) in [6.07, 6.45) is 6.17. The predicted octanol–water partition coefficient (Wildman–Crippen LogP) is 1.40. The van der Waals surface area contributed by atoms with Gasteiger partial charge in [-0.2, -0.15) is 9.40 Å². The van der Waals surface area contributed by atoms with E-state index < -0.39 is 10.0 Å². The standard InChI is InChI=1S/C15H23N5O2S/c1-11-15(12(2)19(3)18-11)23(21,22)20-8-4-13(5-9-20)10-14-16-6-7-17-14/h6-7,13H,4-5,8-10H2,1-3H3,(H,16,17). The number of aryl methyl sites for hydroxylation is 2. The molecule has 0 atom stereocenters. The van der Waals surface area contributed by atoms with Crippen LogP contribution in [0.2, 0.25) is 0 Å². The van der Waals surface area contributed by atoms with Crippen molar-refractivity contribution in [2.45, 2.75) is 38.0 Å². The number of hydrogen-bond donors (Lipinski definition) is 1. The molecule has 0 unspecified atom stereocenters. The first kappa shape index (κ1) is 16.2. The lowest BCUT2D eigenvalue weighted by atomic mass is 9.94. The van der Waals surface area contributed by atoms with Gasteiger partial charge in [0.1, 0.15) is 10.7 Å². The van der Waals surface area contributed by atoms with Crippen molar-refractivity contribution in [2.24, 2.45) is 13.0 Å². The molecule has 0 saturated carbocycles. The van der Waals surface area contributed by atoms with E-state index in [1.54, 1.807) is 36.1 Å². The minimum absolute atomic E-state index is 0.365. The molecule has 1 aliphatic heterocycles. The number of imidazole rings is 1. The molecule has 1 saturated heterocycles. The number of piperidine rings is 1. The second kappa shape index (κ2) is 6.09. The molecule has 1 aliphatic rings. The van der Waals surface area contributed by atoms with Crippen LogP contribution in [0.15, 0.2) is 17.3 Å². The maximum atomic E-state index is 12.9. The molecule has 1 N–H and O–H groups in total. The summed E-state index contributed by atoms with van der Waals surface area (Å²) in [5.41, 5.74) is 1.27. The fourth-order valence-corrected chi connectivity index (χ4v) is 5.16. The summed E-state index contributed by atoms with van der Waals surface area (Å²) in [4.78, 5) is 7.73. The van der Waals surface area contributed by atoms with Gasteiger partial charge in [0, 0.05) is 39.0 Å². The van der Waals surface area contributed by atoms with Gasteiger partial charge in [-0.25, -0.2) is 13.4 Å². The van der Waals surface area contributed by atoms with Crippen molar-refractivity contribution < 1.29 is 8.42 Å². The van der Waals surface area contributed by atoms with Crippen LogP contribution in [0.4, 0.5) is 0 Å². The largest absolute Gasteiger partial charge is 0.349 e. The zero-order chi connectivity index (χ0) is 16.6. The Morgan fingerprint density at radius 2 is 2.00 bits per heavy atom. The maximum Gasteiger partial charge on any atom is 0.246 e. The van der Waals surface area contributed by atoms with Gasteiger partial charge >= 0.3 is 0 Å². The van der Waals surface area contributed by atoms with Crippen molar-refractivity contribution in [1.29, 1.82) is 0 Å². The molecule has 1 fully saturated rings. The minimum atomic E-state index is -3.46. The van der Waals surface area contributed by atoms with Crippen molar-refractivity contribution >= 4 is 10.0 Å². The van der Waals surface area contributed by atoms with Crippen LogP contribution < -0.4 is 0 Å². The number of aromatic nitrogens is 4. The third kappa shape index (κ3) is 3.05. The quantitative estimate of drug-likeness (QED) is 0.914. The zero-order valence-electron chi connectivity index (χ0n) is 13.8. The number of nitrogens with zero attached hydrogens (tertiary/aromatic N) is 4. The Hall–Kier alpha value is -1.67. The number of rotatable bonds is 4. The second-order valence-electron chi connectivity index (χ2n) is 6.21. The molecular formula is C15H23N5O2S. The minimum Gasteiger partial charge on any atom is -0.349 e. The van der Waals surface area contributed by atoms with Crippen LogP contribution in [0.5, 0.6) is 0 Å². The fourth-order valence-electron chi connectivity index (χ4n) is 3.29. The molecular weight excluding hydrogens is 314 g/mol. The molecule has 0 amide bonds. The molecule has 0 bridgehead atoms. The van der Waals surface area contributed by atoms with E-state index in [1.807, 2.05) is 6.20 Å². The second-order valence-corrected chi connectivity index (χ2v) is 8.09. The van der Waals surface area contributed by atoms with E-state index in [4.69, 9.17) is 0 Å². The molecule has 0 radical (unpaired) electrons. The van der Waals surface area contributed by atoms with Gasteiger partial charge in [-0.15, -0.1) is 0 Å². The van der Waals surface area contributed by atoms with E-state index in [1.165, 1.54) is 0 Å². The molecule has 2 aromatic heterocycles. The van der Waals surface area contributed by atoms with E-state index in [2.05, 4.69) is 15.1 Å². The number of H-pyrrole nitrogens is 1. The summed E-state index contributed by atoms with van der Waals surface area (Å²) >= 11 is 0. The van der Waals surface area contributed by atoms with Crippen LogP contribution in [0.25, 0.3) is 0 Å². The first-order chi connectivity index (χ1) is 10.9. The average molecular weight is 337 g/mol. The third-order valence-electron chi connectivity index (χ3n) is 4.65. The summed E-state index contributed by atoms with van der Waals surface area (Å²) in [5.74, 6) is 1.45. The van der Waals surface area contributed by atoms with Crippen molar-refractivity contribution in [3.63, 3.8) is 0 Å². The molecule has 3 rings (SSSR count). The molecule has 3 heterocycles. The summed E-state index contributed by atoms with van der Waals surface area (Å²) in [6.45, 7) is 4.67. The molecule has 0 aliphatic carbocycles. The summed E-state index contributed by atoms with van der Waals surface area (Å²) < 4.78 is 29.1. The van der Waals surface area contributed by atoms with Crippen molar-refractivity contribution in [3.05, 3.63) is 29.6 Å². The van der Waals surface area contributed by atoms with Crippen LogP contribution in [0, 0.1) is 19.8 Å². The summed E-state index contributed by atoms with van der Waals surface area (Å²) in [5, 5.41) is 4.24. The van der Waals surface area contributed by atoms with Gasteiger partial charge < -0.3 is 4.98 Å². The van der Waals surface area contributed by atoms with E-state index in [9.17, 15) is 8.42 Å². The Balaban J connectivity index is 1.71.